The van der Waals surface area contributed by atoms with E-state index in [2.05, 4.69) is 59.2 Å². The molecule has 0 N–H and O–H groups in total. The van der Waals surface area contributed by atoms with Crippen molar-refractivity contribution in [2.75, 3.05) is 0 Å². The first kappa shape index (κ1) is 13.7. The van der Waals surface area contributed by atoms with Crippen LogP contribution in [-0.2, 0) is 5.88 Å². The summed E-state index contributed by atoms with van der Waals surface area (Å²) in [6.45, 7) is 4.72. The lowest BCUT2D eigenvalue weighted by atomic mass is 9.87. The van der Waals surface area contributed by atoms with Gasteiger partial charge in [-0.3, -0.25) is 0 Å². The number of fused-ring (bicyclic) bond motifs is 1. The number of hydrogen-bond donors (Lipinski definition) is 0. The summed E-state index contributed by atoms with van der Waals surface area (Å²) >= 11 is 8.46. The Balaban J connectivity index is 2.21. The van der Waals surface area contributed by atoms with Crippen LogP contribution >= 0.6 is 34.2 Å². The first-order valence-corrected chi connectivity index (χ1v) is 8.36. The molecule has 0 saturated heterocycles. The highest BCUT2D eigenvalue weighted by Crippen LogP contribution is 2.47. The molecule has 2 nitrogen and oxygen atoms in total. The fourth-order valence-corrected chi connectivity index (χ4v) is 4.01. The maximum absolute atomic E-state index is 6.13. The Hall–Kier alpha value is -0.290. The first-order valence-electron chi connectivity index (χ1n) is 6.75. The molecule has 0 radical (unpaired) electrons. The summed E-state index contributed by atoms with van der Waals surface area (Å²) in [5.41, 5.74) is 2.64. The predicted molar refractivity (Wildman–Crippen MR) is 88.7 cm³/mol. The number of alkyl halides is 1. The predicted octanol–water partition coefficient (Wildman–Crippen LogP) is 5.13. The molecule has 4 heteroatoms. The van der Waals surface area contributed by atoms with Crippen molar-refractivity contribution in [1.29, 1.82) is 0 Å². The summed E-state index contributed by atoms with van der Waals surface area (Å²) in [4.78, 5) is 4.73. The van der Waals surface area contributed by atoms with Crippen molar-refractivity contribution in [3.63, 3.8) is 0 Å². The van der Waals surface area contributed by atoms with Gasteiger partial charge in [0, 0.05) is 9.61 Å². The number of aromatic nitrogens is 2. The van der Waals surface area contributed by atoms with Gasteiger partial charge in [0.1, 0.15) is 5.82 Å². The second-order valence-corrected chi connectivity index (χ2v) is 7.57. The summed E-state index contributed by atoms with van der Waals surface area (Å²) in [7, 11) is 0. The molecule has 1 aromatic carbocycles. The van der Waals surface area contributed by atoms with Crippen LogP contribution in [0.25, 0.3) is 11.0 Å². The number of benzene rings is 1. The Kier molecular flexibility index (Phi) is 3.54. The van der Waals surface area contributed by atoms with E-state index in [-0.39, 0.29) is 0 Å². The van der Waals surface area contributed by atoms with Crippen LogP contribution in [0, 0.1) is 8.99 Å². The highest BCUT2D eigenvalue weighted by Gasteiger charge is 2.37. The maximum atomic E-state index is 6.13. The van der Waals surface area contributed by atoms with Gasteiger partial charge in [0.15, 0.2) is 0 Å². The van der Waals surface area contributed by atoms with Crippen LogP contribution in [0.2, 0.25) is 0 Å². The molecule has 1 unspecified atom stereocenters. The Morgan fingerprint density at radius 1 is 1.47 bits per heavy atom. The van der Waals surface area contributed by atoms with Gasteiger partial charge in [-0.1, -0.05) is 20.3 Å². The van der Waals surface area contributed by atoms with Gasteiger partial charge in [0.25, 0.3) is 0 Å². The molecule has 0 bridgehead atoms. The topological polar surface area (TPSA) is 17.8 Å². The SMILES string of the molecule is CC1(C)CCCC1n1c(CCl)nc2cc(I)ccc21. The van der Waals surface area contributed by atoms with E-state index in [1.165, 1.54) is 28.3 Å². The zero-order valence-electron chi connectivity index (χ0n) is 11.3. The fourth-order valence-electron chi connectivity index (χ4n) is 3.35. The van der Waals surface area contributed by atoms with Crippen molar-refractivity contribution < 1.29 is 0 Å². The number of rotatable bonds is 2. The highest BCUT2D eigenvalue weighted by molar-refractivity contribution is 14.1. The minimum absolute atomic E-state index is 0.331. The van der Waals surface area contributed by atoms with Gasteiger partial charge in [-0.15, -0.1) is 11.6 Å². The van der Waals surface area contributed by atoms with Gasteiger partial charge in [-0.2, -0.15) is 0 Å². The Labute approximate surface area is 132 Å². The van der Waals surface area contributed by atoms with Crippen LogP contribution in [0.5, 0.6) is 0 Å². The van der Waals surface area contributed by atoms with Crippen LogP contribution in [0.1, 0.15) is 45.0 Å². The zero-order chi connectivity index (χ0) is 13.6. The third-order valence-electron chi connectivity index (χ3n) is 4.36. The van der Waals surface area contributed by atoms with Gasteiger partial charge < -0.3 is 4.57 Å². The molecule has 2 aromatic rings. The average Bonchev–Trinajstić information content (AvgIpc) is 2.87. The molecule has 102 valence electrons. The second-order valence-electron chi connectivity index (χ2n) is 6.06. The van der Waals surface area contributed by atoms with E-state index in [0.29, 0.717) is 17.3 Å². The van der Waals surface area contributed by atoms with Crippen molar-refractivity contribution in [3.8, 4) is 0 Å². The normalized spacial score (nSPS) is 22.2. The summed E-state index contributed by atoms with van der Waals surface area (Å²) in [6.07, 6.45) is 3.81. The number of nitrogens with zero attached hydrogens (tertiary/aromatic N) is 2. The molecule has 1 aliphatic rings. The molecule has 0 spiro atoms. The molecular formula is C15H18ClIN2. The lowest BCUT2D eigenvalue weighted by Crippen LogP contribution is -2.22. The smallest absolute Gasteiger partial charge is 0.125 e. The van der Waals surface area contributed by atoms with Gasteiger partial charge in [0.05, 0.1) is 16.9 Å². The molecule has 3 rings (SSSR count). The summed E-state index contributed by atoms with van der Waals surface area (Å²) in [6, 6.07) is 7.01. The lowest BCUT2D eigenvalue weighted by molar-refractivity contribution is 0.262. The lowest BCUT2D eigenvalue weighted by Gasteiger charge is -2.30. The molecule has 1 saturated carbocycles. The third kappa shape index (κ3) is 2.29. The first-order chi connectivity index (χ1) is 9.03. The molecule has 0 aliphatic heterocycles. The monoisotopic (exact) mass is 388 g/mol. The highest BCUT2D eigenvalue weighted by atomic mass is 127. The summed E-state index contributed by atoms with van der Waals surface area (Å²) < 4.78 is 3.62. The van der Waals surface area contributed by atoms with E-state index in [4.69, 9.17) is 16.6 Å². The molecular weight excluding hydrogens is 371 g/mol. The van der Waals surface area contributed by atoms with Crippen molar-refractivity contribution in [2.24, 2.45) is 5.41 Å². The standard InChI is InChI=1S/C15H18ClIN2/c1-15(2)7-3-4-13(15)19-12-6-5-10(17)8-11(12)18-14(19)9-16/h5-6,8,13H,3-4,7,9H2,1-2H3. The van der Waals surface area contributed by atoms with E-state index in [9.17, 15) is 0 Å². The quantitative estimate of drug-likeness (QED) is 0.515. The Morgan fingerprint density at radius 2 is 2.26 bits per heavy atom. The number of imidazole rings is 1. The Morgan fingerprint density at radius 3 is 2.89 bits per heavy atom. The van der Waals surface area contributed by atoms with Gasteiger partial charge in [-0.05, 0) is 59.0 Å². The van der Waals surface area contributed by atoms with Crippen molar-refractivity contribution in [3.05, 3.63) is 27.6 Å². The molecule has 1 fully saturated rings. The number of hydrogen-bond acceptors (Lipinski definition) is 1. The van der Waals surface area contributed by atoms with E-state index in [1.807, 2.05) is 0 Å². The molecule has 0 amide bonds. The minimum atomic E-state index is 0.331. The average molecular weight is 389 g/mol. The van der Waals surface area contributed by atoms with Crippen LogP contribution in [-0.4, -0.2) is 9.55 Å². The fraction of sp³-hybridized carbons (Fsp3) is 0.533. The number of halogens is 2. The van der Waals surface area contributed by atoms with Crippen molar-refractivity contribution in [1.82, 2.24) is 9.55 Å². The molecule has 1 atom stereocenters. The van der Waals surface area contributed by atoms with Crippen LogP contribution in [0.3, 0.4) is 0 Å². The van der Waals surface area contributed by atoms with Gasteiger partial charge in [-0.25, -0.2) is 4.98 Å². The molecule has 1 aromatic heterocycles. The Bertz CT molecular complexity index is 618. The maximum Gasteiger partial charge on any atom is 0.125 e. The summed E-state index contributed by atoms with van der Waals surface area (Å²) in [5.74, 6) is 1.50. The molecule has 1 heterocycles. The van der Waals surface area contributed by atoms with Crippen LogP contribution in [0.15, 0.2) is 18.2 Å². The van der Waals surface area contributed by atoms with E-state index >= 15 is 0 Å². The molecule has 19 heavy (non-hydrogen) atoms. The van der Waals surface area contributed by atoms with Crippen LogP contribution < -0.4 is 0 Å². The third-order valence-corrected chi connectivity index (χ3v) is 5.27. The largest absolute Gasteiger partial charge is 0.323 e. The van der Waals surface area contributed by atoms with Gasteiger partial charge >= 0.3 is 0 Å². The zero-order valence-corrected chi connectivity index (χ0v) is 14.2. The van der Waals surface area contributed by atoms with Crippen molar-refractivity contribution in [2.45, 2.75) is 45.0 Å². The van der Waals surface area contributed by atoms with Gasteiger partial charge in [0.2, 0.25) is 0 Å². The van der Waals surface area contributed by atoms with E-state index in [1.54, 1.807) is 0 Å². The van der Waals surface area contributed by atoms with Crippen LogP contribution in [0.4, 0.5) is 0 Å². The minimum Gasteiger partial charge on any atom is -0.323 e. The van der Waals surface area contributed by atoms with E-state index in [0.717, 1.165) is 11.3 Å². The molecule has 1 aliphatic carbocycles. The van der Waals surface area contributed by atoms with Crippen molar-refractivity contribution >= 4 is 45.2 Å². The second kappa shape index (κ2) is 4.92. The van der Waals surface area contributed by atoms with E-state index < -0.39 is 0 Å². The summed E-state index contributed by atoms with van der Waals surface area (Å²) in [5, 5.41) is 0.